The second kappa shape index (κ2) is 6.31. The maximum Gasteiger partial charge on any atom is 0.269 e. The summed E-state index contributed by atoms with van der Waals surface area (Å²) < 4.78 is 7.27. The molecule has 6 heteroatoms. The summed E-state index contributed by atoms with van der Waals surface area (Å²) in [5.74, 6) is 0.115. The third-order valence-electron chi connectivity index (χ3n) is 3.38. The van der Waals surface area contributed by atoms with Crippen molar-refractivity contribution in [3.63, 3.8) is 0 Å². The molecule has 2 aromatic heterocycles. The van der Waals surface area contributed by atoms with E-state index in [1.54, 1.807) is 24.0 Å². The molecule has 1 amide bonds. The highest BCUT2D eigenvalue weighted by atomic mass is 16.5. The molecule has 0 fully saturated rings. The van der Waals surface area contributed by atoms with Crippen LogP contribution in [-0.4, -0.2) is 20.7 Å². The quantitative estimate of drug-likeness (QED) is 0.783. The van der Waals surface area contributed by atoms with Gasteiger partial charge in [-0.3, -0.25) is 14.5 Å². The maximum absolute atomic E-state index is 11.2. The van der Waals surface area contributed by atoms with Crippen LogP contribution in [-0.2, 0) is 13.7 Å². The first-order chi connectivity index (χ1) is 11.1. The molecular formula is C17H16N4O2. The molecule has 3 aromatic rings. The summed E-state index contributed by atoms with van der Waals surface area (Å²) >= 11 is 0. The first kappa shape index (κ1) is 14.8. The topological polar surface area (TPSA) is 83.0 Å². The number of ether oxygens (including phenoxy) is 1. The molecule has 0 atom stereocenters. The summed E-state index contributed by atoms with van der Waals surface area (Å²) in [5.41, 5.74) is 7.96. The van der Waals surface area contributed by atoms with E-state index in [0.29, 0.717) is 23.7 Å². The van der Waals surface area contributed by atoms with E-state index in [2.05, 4.69) is 10.1 Å². The first-order valence-electron chi connectivity index (χ1n) is 7.10. The van der Waals surface area contributed by atoms with Gasteiger partial charge in [0.15, 0.2) is 5.69 Å². The molecule has 0 spiro atoms. The Morgan fingerprint density at radius 3 is 2.61 bits per heavy atom. The Morgan fingerprint density at radius 2 is 2.00 bits per heavy atom. The van der Waals surface area contributed by atoms with E-state index in [4.69, 9.17) is 10.5 Å². The lowest BCUT2D eigenvalue weighted by atomic mass is 10.2. The molecule has 0 saturated carbocycles. The van der Waals surface area contributed by atoms with Crippen LogP contribution in [0.2, 0.25) is 0 Å². The minimum Gasteiger partial charge on any atom is -0.487 e. The molecule has 0 bridgehead atoms. The number of pyridine rings is 1. The van der Waals surface area contributed by atoms with Crippen LogP contribution in [0, 0.1) is 0 Å². The Kier molecular flexibility index (Phi) is 4.05. The number of aromatic nitrogens is 3. The van der Waals surface area contributed by atoms with E-state index in [1.807, 2.05) is 42.5 Å². The second-order valence-electron chi connectivity index (χ2n) is 5.06. The Morgan fingerprint density at radius 1 is 1.22 bits per heavy atom. The number of nitrogens with zero attached hydrogens (tertiary/aromatic N) is 3. The van der Waals surface area contributed by atoms with Gasteiger partial charge in [-0.25, -0.2) is 0 Å². The van der Waals surface area contributed by atoms with E-state index < -0.39 is 5.91 Å². The van der Waals surface area contributed by atoms with Crippen LogP contribution < -0.4 is 10.5 Å². The molecule has 3 rings (SSSR count). The molecule has 0 aliphatic heterocycles. The molecular weight excluding hydrogens is 292 g/mol. The zero-order valence-corrected chi connectivity index (χ0v) is 12.6. The Balaban J connectivity index is 1.73. The van der Waals surface area contributed by atoms with Gasteiger partial charge in [0, 0.05) is 7.05 Å². The number of carbonyl (C=O) groups excluding carboxylic acids is 1. The van der Waals surface area contributed by atoms with Crippen LogP contribution >= 0.6 is 0 Å². The first-order valence-corrected chi connectivity index (χ1v) is 7.10. The van der Waals surface area contributed by atoms with Crippen molar-refractivity contribution in [1.82, 2.24) is 14.8 Å². The number of hydrogen-bond acceptors (Lipinski definition) is 4. The molecule has 116 valence electrons. The minimum absolute atomic E-state index is 0.216. The Labute approximate surface area is 133 Å². The summed E-state index contributed by atoms with van der Waals surface area (Å²) in [6, 6.07) is 15.2. The smallest absolute Gasteiger partial charge is 0.269 e. The summed E-state index contributed by atoms with van der Waals surface area (Å²) in [6.45, 7) is 0.486. The van der Waals surface area contributed by atoms with Gasteiger partial charge < -0.3 is 10.5 Å². The lowest BCUT2D eigenvalue weighted by Gasteiger charge is -2.07. The predicted molar refractivity (Wildman–Crippen MR) is 85.7 cm³/mol. The van der Waals surface area contributed by atoms with Gasteiger partial charge >= 0.3 is 0 Å². The van der Waals surface area contributed by atoms with E-state index in [9.17, 15) is 4.79 Å². The number of hydrogen-bond donors (Lipinski definition) is 1. The highest BCUT2D eigenvalue weighted by Gasteiger charge is 2.12. The van der Waals surface area contributed by atoms with Gasteiger partial charge in [-0.2, -0.15) is 5.10 Å². The van der Waals surface area contributed by atoms with Crippen molar-refractivity contribution in [2.24, 2.45) is 12.8 Å². The van der Waals surface area contributed by atoms with Crippen LogP contribution in [0.15, 0.2) is 54.7 Å². The van der Waals surface area contributed by atoms with Crippen LogP contribution in [0.1, 0.15) is 16.1 Å². The van der Waals surface area contributed by atoms with E-state index >= 15 is 0 Å². The van der Waals surface area contributed by atoms with Crippen LogP contribution in [0.25, 0.3) is 11.4 Å². The van der Waals surface area contributed by atoms with Crippen LogP contribution in [0.4, 0.5) is 0 Å². The number of primary amides is 1. The fourth-order valence-corrected chi connectivity index (χ4v) is 2.19. The third-order valence-corrected chi connectivity index (χ3v) is 3.38. The number of aryl methyl sites for hydroxylation is 1. The van der Waals surface area contributed by atoms with Gasteiger partial charge in [-0.1, -0.05) is 30.3 Å². The fourth-order valence-electron chi connectivity index (χ4n) is 2.19. The monoisotopic (exact) mass is 308 g/mol. The average Bonchev–Trinajstić information content (AvgIpc) is 2.97. The normalized spacial score (nSPS) is 10.5. The van der Waals surface area contributed by atoms with E-state index in [1.165, 1.54) is 0 Å². The third kappa shape index (κ3) is 3.37. The van der Waals surface area contributed by atoms with Gasteiger partial charge in [0.25, 0.3) is 5.91 Å². The molecule has 0 aliphatic rings. The van der Waals surface area contributed by atoms with E-state index in [-0.39, 0.29) is 5.69 Å². The number of amides is 1. The van der Waals surface area contributed by atoms with Crippen molar-refractivity contribution in [3.05, 3.63) is 66.0 Å². The standard InChI is InChI=1S/C17H16N4O2/c1-21-16(9-15(20-21)17(18)22)14-8-7-13(10-19-14)23-11-12-5-3-2-4-6-12/h2-10H,11H2,1H3,(H2,18,22). The number of carbonyl (C=O) groups is 1. The fraction of sp³-hybridized carbons (Fsp3) is 0.118. The summed E-state index contributed by atoms with van der Waals surface area (Å²) in [5, 5.41) is 4.06. The Bertz CT molecular complexity index is 810. The lowest BCUT2D eigenvalue weighted by Crippen LogP contribution is -2.11. The number of nitrogens with two attached hydrogens (primary N) is 1. The minimum atomic E-state index is -0.560. The zero-order chi connectivity index (χ0) is 16.2. The van der Waals surface area contributed by atoms with E-state index in [0.717, 1.165) is 5.56 Å². The molecule has 0 unspecified atom stereocenters. The molecule has 0 radical (unpaired) electrons. The van der Waals surface area contributed by atoms with Gasteiger partial charge in [-0.15, -0.1) is 0 Å². The van der Waals surface area contributed by atoms with Crippen LogP contribution in [0.3, 0.4) is 0 Å². The summed E-state index contributed by atoms with van der Waals surface area (Å²) in [7, 11) is 1.74. The number of rotatable bonds is 5. The average molecular weight is 308 g/mol. The SMILES string of the molecule is Cn1nc(C(N)=O)cc1-c1ccc(OCc2ccccc2)cn1. The van der Waals surface area contributed by atoms with Crippen molar-refractivity contribution < 1.29 is 9.53 Å². The second-order valence-corrected chi connectivity index (χ2v) is 5.06. The summed E-state index contributed by atoms with van der Waals surface area (Å²) in [4.78, 5) is 15.5. The lowest BCUT2D eigenvalue weighted by molar-refractivity contribution is 0.0995. The molecule has 0 aliphatic carbocycles. The van der Waals surface area contributed by atoms with Crippen molar-refractivity contribution >= 4 is 5.91 Å². The molecule has 6 nitrogen and oxygen atoms in total. The predicted octanol–water partition coefficient (Wildman–Crippen LogP) is 2.16. The Hall–Kier alpha value is -3.15. The molecule has 2 heterocycles. The van der Waals surface area contributed by atoms with Gasteiger partial charge in [-0.05, 0) is 23.8 Å². The molecule has 0 saturated heterocycles. The van der Waals surface area contributed by atoms with Crippen LogP contribution in [0.5, 0.6) is 5.75 Å². The number of benzene rings is 1. The maximum atomic E-state index is 11.2. The molecule has 2 N–H and O–H groups in total. The largest absolute Gasteiger partial charge is 0.487 e. The zero-order valence-electron chi connectivity index (χ0n) is 12.6. The highest BCUT2D eigenvalue weighted by molar-refractivity contribution is 5.91. The van der Waals surface area contributed by atoms with Crippen molar-refractivity contribution in [1.29, 1.82) is 0 Å². The van der Waals surface area contributed by atoms with Crippen molar-refractivity contribution in [2.75, 3.05) is 0 Å². The summed E-state index contributed by atoms with van der Waals surface area (Å²) in [6.07, 6.45) is 1.65. The van der Waals surface area contributed by atoms with Gasteiger partial charge in [0.05, 0.1) is 17.6 Å². The van der Waals surface area contributed by atoms with Crippen molar-refractivity contribution in [3.8, 4) is 17.1 Å². The molecule has 1 aromatic carbocycles. The highest BCUT2D eigenvalue weighted by Crippen LogP contribution is 2.20. The van der Waals surface area contributed by atoms with Gasteiger partial charge in [0.1, 0.15) is 12.4 Å². The van der Waals surface area contributed by atoms with Gasteiger partial charge in [0.2, 0.25) is 0 Å². The molecule has 23 heavy (non-hydrogen) atoms. The van der Waals surface area contributed by atoms with Crippen molar-refractivity contribution in [2.45, 2.75) is 6.61 Å².